The molecule has 0 aromatic heterocycles. The van der Waals surface area contributed by atoms with Crippen molar-refractivity contribution in [3.8, 4) is 0 Å². The second kappa shape index (κ2) is 11.1. The average molecular weight is 200 g/mol. The highest BCUT2D eigenvalue weighted by Crippen LogP contribution is 2.26. The fraction of sp³-hybridized carbons (Fsp3) is 1.00. The van der Waals surface area contributed by atoms with Crippen molar-refractivity contribution in [3.05, 3.63) is 0 Å². The lowest BCUT2D eigenvalue weighted by molar-refractivity contribution is 0.252. The van der Waals surface area contributed by atoms with Crippen LogP contribution >= 0.6 is 0 Å². The number of rotatable bonds is 6. The molecule has 0 fully saturated rings. The van der Waals surface area contributed by atoms with E-state index in [2.05, 4.69) is 34.6 Å². The summed E-state index contributed by atoms with van der Waals surface area (Å²) in [4.78, 5) is 0. The molecule has 0 bridgehead atoms. The first-order valence-corrected chi connectivity index (χ1v) is 6.63. The molecule has 14 heavy (non-hydrogen) atoms. The topological polar surface area (TPSA) is 0 Å². The largest absolute Gasteiger partial charge is 0.0683 e. The summed E-state index contributed by atoms with van der Waals surface area (Å²) in [5.41, 5.74) is 0. The molecule has 0 N–H and O–H groups in total. The summed E-state index contributed by atoms with van der Waals surface area (Å²) in [5, 5.41) is 0. The van der Waals surface area contributed by atoms with Crippen molar-refractivity contribution in [1.82, 2.24) is 0 Å². The van der Waals surface area contributed by atoms with E-state index in [-0.39, 0.29) is 0 Å². The Labute approximate surface area is 92.5 Å². The van der Waals surface area contributed by atoms with Gasteiger partial charge in [0.1, 0.15) is 0 Å². The Kier molecular flexibility index (Phi) is 13.0. The van der Waals surface area contributed by atoms with Crippen LogP contribution < -0.4 is 0 Å². The maximum Gasteiger partial charge on any atom is -0.0391 e. The molecule has 0 heteroatoms. The molecule has 0 aliphatic heterocycles. The Morgan fingerprint density at radius 2 is 1.00 bits per heavy atom. The van der Waals surface area contributed by atoms with E-state index in [0.29, 0.717) is 0 Å². The van der Waals surface area contributed by atoms with Crippen LogP contribution in [0.2, 0.25) is 0 Å². The van der Waals surface area contributed by atoms with Crippen LogP contribution in [-0.4, -0.2) is 0 Å². The van der Waals surface area contributed by atoms with Crippen molar-refractivity contribution >= 4 is 0 Å². The first kappa shape index (κ1) is 16.4. The molecular formula is C14H32. The monoisotopic (exact) mass is 200 g/mol. The van der Waals surface area contributed by atoms with E-state index in [1.54, 1.807) is 0 Å². The number of hydrogen-bond acceptors (Lipinski definition) is 0. The maximum absolute atomic E-state index is 2.42. The van der Waals surface area contributed by atoms with Crippen molar-refractivity contribution in [3.63, 3.8) is 0 Å². The van der Waals surface area contributed by atoms with Gasteiger partial charge in [0.05, 0.1) is 0 Å². The first-order chi connectivity index (χ1) is 6.63. The summed E-state index contributed by atoms with van der Waals surface area (Å²) < 4.78 is 0. The third kappa shape index (κ3) is 7.41. The van der Waals surface area contributed by atoms with Crippen LogP contribution in [0.5, 0.6) is 0 Å². The molecular weight excluding hydrogens is 168 g/mol. The highest BCUT2D eigenvalue weighted by Gasteiger charge is 2.17. The summed E-state index contributed by atoms with van der Waals surface area (Å²) in [5.74, 6) is 2.73. The van der Waals surface area contributed by atoms with Gasteiger partial charge in [-0.15, -0.1) is 0 Å². The van der Waals surface area contributed by atoms with Gasteiger partial charge in [0, 0.05) is 0 Å². The predicted molar refractivity (Wildman–Crippen MR) is 68.7 cm³/mol. The van der Waals surface area contributed by atoms with Gasteiger partial charge in [0.25, 0.3) is 0 Å². The van der Waals surface area contributed by atoms with E-state index in [0.717, 1.165) is 17.8 Å². The second-order valence-corrected chi connectivity index (χ2v) is 4.39. The minimum absolute atomic E-state index is 0.907. The van der Waals surface area contributed by atoms with Crippen molar-refractivity contribution in [1.29, 1.82) is 0 Å². The van der Waals surface area contributed by atoms with Crippen molar-refractivity contribution in [2.75, 3.05) is 0 Å². The molecule has 0 saturated heterocycles. The molecule has 88 valence electrons. The first-order valence-electron chi connectivity index (χ1n) is 6.63. The molecule has 0 aromatic rings. The quantitative estimate of drug-likeness (QED) is 0.529. The van der Waals surface area contributed by atoms with Gasteiger partial charge in [0.2, 0.25) is 0 Å². The zero-order valence-corrected chi connectivity index (χ0v) is 11.6. The van der Waals surface area contributed by atoms with Gasteiger partial charge in [-0.3, -0.25) is 0 Å². The lowest BCUT2D eigenvalue weighted by atomic mass is 9.81. The fourth-order valence-corrected chi connectivity index (χ4v) is 2.00. The van der Waals surface area contributed by atoms with E-state index >= 15 is 0 Å². The highest BCUT2D eigenvalue weighted by molar-refractivity contribution is 4.67. The molecule has 2 unspecified atom stereocenters. The van der Waals surface area contributed by atoms with Crippen LogP contribution in [0.15, 0.2) is 0 Å². The fourth-order valence-electron chi connectivity index (χ4n) is 2.00. The van der Waals surface area contributed by atoms with E-state index in [1.807, 2.05) is 13.8 Å². The van der Waals surface area contributed by atoms with Crippen molar-refractivity contribution < 1.29 is 0 Å². The molecule has 0 aromatic carbocycles. The Hall–Kier alpha value is 0. The number of hydrogen-bond donors (Lipinski definition) is 0. The molecule has 2 atom stereocenters. The molecule has 0 aliphatic carbocycles. The van der Waals surface area contributed by atoms with Crippen LogP contribution in [0.3, 0.4) is 0 Å². The molecule has 0 aliphatic rings. The summed E-state index contributed by atoms with van der Waals surface area (Å²) in [6.45, 7) is 15.8. The van der Waals surface area contributed by atoms with Gasteiger partial charge in [-0.2, -0.15) is 0 Å². The minimum atomic E-state index is 0.907. The van der Waals surface area contributed by atoms with Gasteiger partial charge < -0.3 is 0 Å². The standard InChI is InChI=1S/C12H26.C2H6/c1-6-8-10(3)12(5)11(4)9-7-2;1-2/h10-12H,6-9H2,1-5H3;1-2H3. The smallest absolute Gasteiger partial charge is 0.0391 e. The minimum Gasteiger partial charge on any atom is -0.0683 e. The lowest BCUT2D eigenvalue weighted by Crippen LogP contribution is -2.16. The summed E-state index contributed by atoms with van der Waals surface area (Å²) in [6, 6.07) is 0. The maximum atomic E-state index is 2.42. The molecule has 0 nitrogen and oxygen atoms in total. The van der Waals surface area contributed by atoms with Crippen LogP contribution in [0.1, 0.15) is 74.1 Å². The van der Waals surface area contributed by atoms with E-state index in [1.165, 1.54) is 25.7 Å². The zero-order valence-electron chi connectivity index (χ0n) is 11.6. The van der Waals surface area contributed by atoms with E-state index < -0.39 is 0 Å². The predicted octanol–water partition coefficient (Wildman–Crippen LogP) is 5.52. The van der Waals surface area contributed by atoms with Crippen LogP contribution in [0.4, 0.5) is 0 Å². The zero-order chi connectivity index (χ0) is 11.6. The Morgan fingerprint density at radius 3 is 1.21 bits per heavy atom. The third-order valence-electron chi connectivity index (χ3n) is 3.28. The van der Waals surface area contributed by atoms with Gasteiger partial charge in [-0.1, -0.05) is 74.1 Å². The third-order valence-corrected chi connectivity index (χ3v) is 3.28. The lowest BCUT2D eigenvalue weighted by Gasteiger charge is -2.25. The SMILES string of the molecule is CC.CCCC(C)C(C)C(C)CCC. The summed E-state index contributed by atoms with van der Waals surface area (Å²) >= 11 is 0. The highest BCUT2D eigenvalue weighted by atomic mass is 14.2. The molecule has 0 amide bonds. The van der Waals surface area contributed by atoms with Crippen LogP contribution in [-0.2, 0) is 0 Å². The second-order valence-electron chi connectivity index (χ2n) is 4.39. The Morgan fingerprint density at radius 1 is 0.714 bits per heavy atom. The van der Waals surface area contributed by atoms with Gasteiger partial charge in [0.15, 0.2) is 0 Å². The van der Waals surface area contributed by atoms with Gasteiger partial charge in [-0.05, 0) is 17.8 Å². The summed E-state index contributed by atoms with van der Waals surface area (Å²) in [6.07, 6.45) is 5.47. The molecule has 0 spiro atoms. The van der Waals surface area contributed by atoms with Crippen molar-refractivity contribution in [2.24, 2.45) is 17.8 Å². The average Bonchev–Trinajstić information content (AvgIpc) is 2.20. The van der Waals surface area contributed by atoms with Crippen molar-refractivity contribution in [2.45, 2.75) is 74.1 Å². The van der Waals surface area contributed by atoms with Gasteiger partial charge >= 0.3 is 0 Å². The van der Waals surface area contributed by atoms with E-state index in [9.17, 15) is 0 Å². The van der Waals surface area contributed by atoms with Crippen LogP contribution in [0.25, 0.3) is 0 Å². The Bertz CT molecular complexity index is 84.2. The molecule has 0 radical (unpaired) electrons. The molecule has 0 rings (SSSR count). The van der Waals surface area contributed by atoms with E-state index in [4.69, 9.17) is 0 Å². The Balaban J connectivity index is 0. The van der Waals surface area contributed by atoms with Crippen LogP contribution in [0, 0.1) is 17.8 Å². The summed E-state index contributed by atoms with van der Waals surface area (Å²) in [7, 11) is 0. The molecule has 0 saturated carbocycles. The van der Waals surface area contributed by atoms with Gasteiger partial charge in [-0.25, -0.2) is 0 Å². The normalized spacial score (nSPS) is 16.5. The molecule has 0 heterocycles.